The van der Waals surface area contributed by atoms with Crippen molar-refractivity contribution >= 4 is 11.3 Å². The van der Waals surface area contributed by atoms with Crippen molar-refractivity contribution in [3.8, 4) is 5.06 Å². The SMILES string of the molecule is c1csc(OCC2CCCC2)c1. The molecule has 1 aromatic heterocycles. The summed E-state index contributed by atoms with van der Waals surface area (Å²) >= 11 is 1.68. The van der Waals surface area contributed by atoms with E-state index in [1.807, 2.05) is 12.1 Å². The molecule has 1 aliphatic carbocycles. The smallest absolute Gasteiger partial charge is 0.173 e. The van der Waals surface area contributed by atoms with Crippen molar-refractivity contribution in [1.29, 1.82) is 0 Å². The van der Waals surface area contributed by atoms with Crippen LogP contribution in [0.25, 0.3) is 0 Å². The molecule has 2 rings (SSSR count). The summed E-state index contributed by atoms with van der Waals surface area (Å²) in [6.07, 6.45) is 5.54. The van der Waals surface area contributed by atoms with Crippen molar-refractivity contribution in [2.24, 2.45) is 5.92 Å². The van der Waals surface area contributed by atoms with Crippen LogP contribution in [0.1, 0.15) is 25.7 Å². The fourth-order valence-corrected chi connectivity index (χ4v) is 2.31. The Morgan fingerprint density at radius 1 is 1.42 bits per heavy atom. The van der Waals surface area contributed by atoms with Crippen LogP contribution in [0.15, 0.2) is 17.5 Å². The quantitative estimate of drug-likeness (QED) is 0.696. The fraction of sp³-hybridized carbons (Fsp3) is 0.600. The number of rotatable bonds is 3. The molecular weight excluding hydrogens is 168 g/mol. The van der Waals surface area contributed by atoms with E-state index in [0.29, 0.717) is 0 Å². The Labute approximate surface area is 77.4 Å². The molecule has 1 aromatic rings. The van der Waals surface area contributed by atoms with E-state index < -0.39 is 0 Å². The van der Waals surface area contributed by atoms with Crippen molar-refractivity contribution in [1.82, 2.24) is 0 Å². The second-order valence-corrected chi connectivity index (χ2v) is 4.30. The molecule has 0 spiro atoms. The first-order chi connectivity index (χ1) is 5.95. The zero-order valence-electron chi connectivity index (χ0n) is 7.16. The lowest BCUT2D eigenvalue weighted by Gasteiger charge is -2.08. The molecule has 0 bridgehead atoms. The predicted octanol–water partition coefficient (Wildman–Crippen LogP) is 3.32. The van der Waals surface area contributed by atoms with Gasteiger partial charge in [0.1, 0.15) is 0 Å². The fourth-order valence-electron chi connectivity index (χ4n) is 1.72. The molecular formula is C10H14OS. The molecule has 1 nitrogen and oxygen atoms in total. The van der Waals surface area contributed by atoms with E-state index in [2.05, 4.69) is 5.38 Å². The third-order valence-corrected chi connectivity index (χ3v) is 3.21. The van der Waals surface area contributed by atoms with Crippen LogP contribution in [0.4, 0.5) is 0 Å². The molecule has 0 atom stereocenters. The van der Waals surface area contributed by atoms with Gasteiger partial charge in [-0.1, -0.05) is 12.8 Å². The van der Waals surface area contributed by atoms with Gasteiger partial charge in [0, 0.05) is 0 Å². The molecule has 1 heterocycles. The van der Waals surface area contributed by atoms with Crippen LogP contribution in [-0.4, -0.2) is 6.61 Å². The summed E-state index contributed by atoms with van der Waals surface area (Å²) in [4.78, 5) is 0. The van der Waals surface area contributed by atoms with Crippen LogP contribution in [0.3, 0.4) is 0 Å². The first kappa shape index (κ1) is 8.11. The molecule has 1 saturated carbocycles. The van der Waals surface area contributed by atoms with E-state index >= 15 is 0 Å². The maximum Gasteiger partial charge on any atom is 0.173 e. The number of thiophene rings is 1. The molecule has 0 aromatic carbocycles. The normalized spacial score (nSPS) is 18.3. The van der Waals surface area contributed by atoms with E-state index in [-0.39, 0.29) is 0 Å². The molecule has 1 fully saturated rings. The van der Waals surface area contributed by atoms with Crippen LogP contribution in [0.5, 0.6) is 5.06 Å². The number of ether oxygens (including phenoxy) is 1. The third-order valence-electron chi connectivity index (χ3n) is 2.43. The molecule has 2 heteroatoms. The van der Waals surface area contributed by atoms with E-state index in [1.165, 1.54) is 25.7 Å². The molecule has 0 amide bonds. The van der Waals surface area contributed by atoms with Crippen molar-refractivity contribution < 1.29 is 4.74 Å². The van der Waals surface area contributed by atoms with Crippen LogP contribution in [0.2, 0.25) is 0 Å². The maximum atomic E-state index is 5.65. The Bertz CT molecular complexity index is 212. The Morgan fingerprint density at radius 2 is 2.25 bits per heavy atom. The maximum absolute atomic E-state index is 5.65. The second-order valence-electron chi connectivity index (χ2n) is 3.39. The van der Waals surface area contributed by atoms with Gasteiger partial charge in [-0.15, -0.1) is 11.3 Å². The highest BCUT2D eigenvalue weighted by atomic mass is 32.1. The minimum atomic E-state index is 0.826. The highest BCUT2D eigenvalue weighted by Crippen LogP contribution is 2.26. The lowest BCUT2D eigenvalue weighted by Crippen LogP contribution is -2.06. The van der Waals surface area contributed by atoms with Gasteiger partial charge in [0.25, 0.3) is 0 Å². The lowest BCUT2D eigenvalue weighted by atomic mass is 10.1. The van der Waals surface area contributed by atoms with Crippen molar-refractivity contribution in [2.75, 3.05) is 6.61 Å². The summed E-state index contributed by atoms with van der Waals surface area (Å²) in [5, 5.41) is 3.13. The van der Waals surface area contributed by atoms with Gasteiger partial charge in [-0.2, -0.15) is 0 Å². The molecule has 0 N–H and O–H groups in total. The molecule has 0 radical (unpaired) electrons. The minimum absolute atomic E-state index is 0.826. The predicted molar refractivity (Wildman–Crippen MR) is 51.8 cm³/mol. The zero-order valence-corrected chi connectivity index (χ0v) is 7.98. The lowest BCUT2D eigenvalue weighted by molar-refractivity contribution is 0.259. The second kappa shape index (κ2) is 3.94. The topological polar surface area (TPSA) is 9.23 Å². The van der Waals surface area contributed by atoms with E-state index in [0.717, 1.165) is 17.6 Å². The summed E-state index contributed by atoms with van der Waals surface area (Å²) < 4.78 is 5.65. The summed E-state index contributed by atoms with van der Waals surface area (Å²) in [5.74, 6) is 0.826. The van der Waals surface area contributed by atoms with Crippen LogP contribution < -0.4 is 4.74 Å². The summed E-state index contributed by atoms with van der Waals surface area (Å²) in [7, 11) is 0. The molecule has 0 saturated heterocycles. The standard InChI is InChI=1S/C10H14OS/c1-2-5-9(4-1)8-11-10-6-3-7-12-10/h3,6-7,9H,1-2,4-5,8H2. The molecule has 0 unspecified atom stereocenters. The molecule has 1 aliphatic rings. The van der Waals surface area contributed by atoms with Crippen LogP contribution in [0, 0.1) is 5.92 Å². The summed E-state index contributed by atoms with van der Waals surface area (Å²) in [6, 6.07) is 4.08. The molecule has 0 aliphatic heterocycles. The van der Waals surface area contributed by atoms with Crippen LogP contribution >= 0.6 is 11.3 Å². The summed E-state index contributed by atoms with van der Waals surface area (Å²) in [6.45, 7) is 0.931. The Morgan fingerprint density at radius 3 is 2.92 bits per heavy atom. The van der Waals surface area contributed by atoms with Gasteiger partial charge in [-0.05, 0) is 36.3 Å². The average Bonchev–Trinajstić information content (AvgIpc) is 2.74. The highest BCUT2D eigenvalue weighted by molar-refractivity contribution is 7.11. The van der Waals surface area contributed by atoms with Gasteiger partial charge in [-0.25, -0.2) is 0 Å². The first-order valence-corrected chi connectivity index (χ1v) is 5.49. The minimum Gasteiger partial charge on any atom is -0.484 e. The Hall–Kier alpha value is -0.500. The van der Waals surface area contributed by atoms with E-state index in [9.17, 15) is 0 Å². The van der Waals surface area contributed by atoms with Gasteiger partial charge in [0.15, 0.2) is 5.06 Å². The van der Waals surface area contributed by atoms with Gasteiger partial charge in [-0.3, -0.25) is 0 Å². The van der Waals surface area contributed by atoms with Crippen molar-refractivity contribution in [3.05, 3.63) is 17.5 Å². The van der Waals surface area contributed by atoms with Crippen LogP contribution in [-0.2, 0) is 0 Å². The highest BCUT2D eigenvalue weighted by Gasteiger charge is 2.15. The number of hydrogen-bond donors (Lipinski definition) is 0. The first-order valence-electron chi connectivity index (χ1n) is 4.61. The monoisotopic (exact) mass is 182 g/mol. The van der Waals surface area contributed by atoms with E-state index in [4.69, 9.17) is 4.74 Å². The van der Waals surface area contributed by atoms with Crippen molar-refractivity contribution in [3.63, 3.8) is 0 Å². The average molecular weight is 182 g/mol. The Kier molecular flexibility index (Phi) is 2.67. The molecule has 12 heavy (non-hydrogen) atoms. The van der Waals surface area contributed by atoms with Crippen molar-refractivity contribution in [2.45, 2.75) is 25.7 Å². The molecule has 66 valence electrons. The third kappa shape index (κ3) is 2.01. The van der Waals surface area contributed by atoms with Gasteiger partial charge in [0.05, 0.1) is 6.61 Å². The zero-order chi connectivity index (χ0) is 8.23. The van der Waals surface area contributed by atoms with E-state index in [1.54, 1.807) is 11.3 Å². The van der Waals surface area contributed by atoms with Gasteiger partial charge in [0.2, 0.25) is 0 Å². The number of hydrogen-bond acceptors (Lipinski definition) is 2. The van der Waals surface area contributed by atoms with Gasteiger partial charge < -0.3 is 4.74 Å². The Balaban J connectivity index is 1.74. The summed E-state index contributed by atoms with van der Waals surface area (Å²) in [5.41, 5.74) is 0. The van der Waals surface area contributed by atoms with Gasteiger partial charge >= 0.3 is 0 Å². The largest absolute Gasteiger partial charge is 0.484 e.